The molecule has 3 N–H and O–H groups in total. The van der Waals surface area contributed by atoms with E-state index in [-0.39, 0.29) is 6.10 Å². The third kappa shape index (κ3) is 2.05. The monoisotopic (exact) mass is 243 g/mol. The highest BCUT2D eigenvalue weighted by atomic mass is 16.3. The summed E-state index contributed by atoms with van der Waals surface area (Å²) in [6, 6.07) is 7.88. The van der Waals surface area contributed by atoms with E-state index >= 15 is 0 Å². The second kappa shape index (κ2) is 4.55. The Bertz CT molecular complexity index is 570. The molecule has 1 saturated heterocycles. The molecule has 1 aliphatic heterocycles. The lowest BCUT2D eigenvalue weighted by molar-refractivity contribution is 0.175. The lowest BCUT2D eigenvalue weighted by atomic mass is 10.1. The van der Waals surface area contributed by atoms with E-state index in [9.17, 15) is 5.11 Å². The highest BCUT2D eigenvalue weighted by molar-refractivity contribution is 5.92. The van der Waals surface area contributed by atoms with Gasteiger partial charge in [-0.05, 0) is 30.2 Å². The SMILES string of the molecule is Nc1ccc(CN2CCC(O)C2)c2ncccc12. The Morgan fingerprint density at radius 1 is 1.39 bits per heavy atom. The number of aliphatic hydroxyl groups excluding tert-OH is 1. The van der Waals surface area contributed by atoms with Crippen LogP contribution >= 0.6 is 0 Å². The molecular formula is C14H17N3O. The van der Waals surface area contributed by atoms with Crippen LogP contribution in [0.15, 0.2) is 30.5 Å². The van der Waals surface area contributed by atoms with Gasteiger partial charge in [0.1, 0.15) is 0 Å². The summed E-state index contributed by atoms with van der Waals surface area (Å²) in [6.45, 7) is 2.52. The van der Waals surface area contributed by atoms with Gasteiger partial charge in [-0.1, -0.05) is 6.07 Å². The molecule has 18 heavy (non-hydrogen) atoms. The molecule has 3 rings (SSSR count). The highest BCUT2D eigenvalue weighted by Gasteiger charge is 2.20. The number of rotatable bonds is 2. The largest absolute Gasteiger partial charge is 0.398 e. The number of nitrogen functional groups attached to an aromatic ring is 1. The molecule has 4 nitrogen and oxygen atoms in total. The molecule has 0 bridgehead atoms. The summed E-state index contributed by atoms with van der Waals surface area (Å²) in [5.74, 6) is 0. The maximum atomic E-state index is 9.56. The Hall–Kier alpha value is -1.65. The number of β-amino-alcohol motifs (C(OH)–C–C–N with tert-alkyl or cyclic N) is 1. The minimum absolute atomic E-state index is 0.182. The second-order valence-electron chi connectivity index (χ2n) is 4.89. The van der Waals surface area contributed by atoms with E-state index in [1.165, 1.54) is 5.56 Å². The van der Waals surface area contributed by atoms with Gasteiger partial charge in [-0.25, -0.2) is 0 Å². The first-order chi connectivity index (χ1) is 8.74. The zero-order valence-electron chi connectivity index (χ0n) is 10.2. The van der Waals surface area contributed by atoms with Crippen molar-refractivity contribution in [3.05, 3.63) is 36.0 Å². The Morgan fingerprint density at radius 3 is 3.06 bits per heavy atom. The van der Waals surface area contributed by atoms with Crippen LogP contribution in [0.1, 0.15) is 12.0 Å². The van der Waals surface area contributed by atoms with Crippen LogP contribution in [0.3, 0.4) is 0 Å². The number of likely N-dealkylation sites (tertiary alicyclic amines) is 1. The van der Waals surface area contributed by atoms with Gasteiger partial charge in [-0.3, -0.25) is 9.88 Å². The van der Waals surface area contributed by atoms with E-state index in [1.54, 1.807) is 6.20 Å². The number of hydrogen-bond donors (Lipinski definition) is 2. The molecule has 1 unspecified atom stereocenters. The molecule has 0 amide bonds. The predicted molar refractivity (Wildman–Crippen MR) is 72.1 cm³/mol. The van der Waals surface area contributed by atoms with Crippen molar-refractivity contribution in [2.24, 2.45) is 0 Å². The number of nitrogens with two attached hydrogens (primary N) is 1. The van der Waals surface area contributed by atoms with Crippen molar-refractivity contribution in [3.8, 4) is 0 Å². The van der Waals surface area contributed by atoms with Gasteiger partial charge in [0.05, 0.1) is 11.6 Å². The molecule has 1 aliphatic rings. The number of nitrogens with zero attached hydrogens (tertiary/aromatic N) is 2. The van der Waals surface area contributed by atoms with Crippen LogP contribution in [-0.4, -0.2) is 34.2 Å². The van der Waals surface area contributed by atoms with Gasteiger partial charge in [0.15, 0.2) is 0 Å². The fourth-order valence-corrected chi connectivity index (χ4v) is 2.58. The maximum absolute atomic E-state index is 9.56. The van der Waals surface area contributed by atoms with Crippen molar-refractivity contribution in [2.75, 3.05) is 18.8 Å². The lowest BCUT2D eigenvalue weighted by Gasteiger charge is -2.16. The Balaban J connectivity index is 1.95. The number of pyridine rings is 1. The van der Waals surface area contributed by atoms with Gasteiger partial charge in [0.25, 0.3) is 0 Å². The van der Waals surface area contributed by atoms with E-state index < -0.39 is 0 Å². The van der Waals surface area contributed by atoms with Crippen LogP contribution in [0.4, 0.5) is 5.69 Å². The molecule has 0 saturated carbocycles. The predicted octanol–water partition coefficient (Wildman–Crippen LogP) is 1.38. The van der Waals surface area contributed by atoms with Gasteiger partial charge in [-0.2, -0.15) is 0 Å². The first-order valence-electron chi connectivity index (χ1n) is 6.26. The van der Waals surface area contributed by atoms with Crippen molar-refractivity contribution in [1.82, 2.24) is 9.88 Å². The molecule has 0 aliphatic carbocycles. The van der Waals surface area contributed by atoms with Crippen LogP contribution in [0.5, 0.6) is 0 Å². The normalized spacial score (nSPS) is 20.6. The minimum Gasteiger partial charge on any atom is -0.398 e. The van der Waals surface area contributed by atoms with Crippen LogP contribution in [0.25, 0.3) is 10.9 Å². The van der Waals surface area contributed by atoms with E-state index in [1.807, 2.05) is 24.3 Å². The topological polar surface area (TPSA) is 62.4 Å². The molecule has 1 aromatic carbocycles. The second-order valence-corrected chi connectivity index (χ2v) is 4.89. The van der Waals surface area contributed by atoms with Gasteiger partial charge < -0.3 is 10.8 Å². The number of aliphatic hydroxyl groups is 1. The Kier molecular flexibility index (Phi) is 2.89. The van der Waals surface area contributed by atoms with Crippen LogP contribution < -0.4 is 5.73 Å². The molecule has 94 valence electrons. The summed E-state index contributed by atoms with van der Waals surface area (Å²) in [6.07, 6.45) is 2.47. The lowest BCUT2D eigenvalue weighted by Crippen LogP contribution is -2.21. The summed E-state index contributed by atoms with van der Waals surface area (Å²) in [4.78, 5) is 6.69. The average molecular weight is 243 g/mol. The van der Waals surface area contributed by atoms with Crippen LogP contribution in [0, 0.1) is 0 Å². The standard InChI is InChI=1S/C14H17N3O/c15-13-4-3-10(8-17-7-5-11(18)9-17)14-12(13)2-1-6-16-14/h1-4,6,11,18H,5,7-9,15H2. The summed E-state index contributed by atoms with van der Waals surface area (Å²) in [7, 11) is 0. The van der Waals surface area contributed by atoms with E-state index in [2.05, 4.69) is 9.88 Å². The number of fused-ring (bicyclic) bond motifs is 1. The molecule has 1 fully saturated rings. The fraction of sp³-hybridized carbons (Fsp3) is 0.357. The van der Waals surface area contributed by atoms with E-state index in [0.29, 0.717) is 0 Å². The molecule has 1 atom stereocenters. The molecule has 4 heteroatoms. The molecule has 0 spiro atoms. The zero-order valence-corrected chi connectivity index (χ0v) is 10.2. The van der Waals surface area contributed by atoms with Crippen LogP contribution in [0.2, 0.25) is 0 Å². The quantitative estimate of drug-likeness (QED) is 0.782. The first-order valence-corrected chi connectivity index (χ1v) is 6.26. The number of anilines is 1. The maximum Gasteiger partial charge on any atom is 0.0767 e. The number of aromatic nitrogens is 1. The average Bonchev–Trinajstić information content (AvgIpc) is 2.79. The summed E-state index contributed by atoms with van der Waals surface area (Å²) >= 11 is 0. The third-order valence-corrected chi connectivity index (χ3v) is 3.53. The Morgan fingerprint density at radius 2 is 2.28 bits per heavy atom. The van der Waals surface area contributed by atoms with Crippen molar-refractivity contribution in [3.63, 3.8) is 0 Å². The van der Waals surface area contributed by atoms with Gasteiger partial charge in [0, 0.05) is 36.9 Å². The van der Waals surface area contributed by atoms with E-state index in [4.69, 9.17) is 5.73 Å². The Labute approximate surface area is 106 Å². The number of benzene rings is 1. The molecule has 0 radical (unpaired) electrons. The van der Waals surface area contributed by atoms with Crippen molar-refractivity contribution in [2.45, 2.75) is 19.1 Å². The van der Waals surface area contributed by atoms with Crippen molar-refractivity contribution in [1.29, 1.82) is 0 Å². The van der Waals surface area contributed by atoms with E-state index in [0.717, 1.165) is 42.6 Å². The van der Waals surface area contributed by atoms with Crippen molar-refractivity contribution >= 4 is 16.6 Å². The zero-order chi connectivity index (χ0) is 12.5. The fourth-order valence-electron chi connectivity index (χ4n) is 2.58. The summed E-state index contributed by atoms with van der Waals surface area (Å²) in [5, 5.41) is 10.6. The van der Waals surface area contributed by atoms with Gasteiger partial charge in [0.2, 0.25) is 0 Å². The summed E-state index contributed by atoms with van der Waals surface area (Å²) in [5.41, 5.74) is 8.87. The first kappa shape index (κ1) is 11.4. The molecule has 2 heterocycles. The van der Waals surface area contributed by atoms with Crippen molar-refractivity contribution < 1.29 is 5.11 Å². The molecule has 1 aromatic heterocycles. The molecule has 2 aromatic rings. The minimum atomic E-state index is -0.182. The summed E-state index contributed by atoms with van der Waals surface area (Å²) < 4.78 is 0. The van der Waals surface area contributed by atoms with Gasteiger partial charge in [-0.15, -0.1) is 0 Å². The number of hydrogen-bond acceptors (Lipinski definition) is 4. The highest BCUT2D eigenvalue weighted by Crippen LogP contribution is 2.24. The van der Waals surface area contributed by atoms with Crippen LogP contribution in [-0.2, 0) is 6.54 Å². The van der Waals surface area contributed by atoms with Gasteiger partial charge >= 0.3 is 0 Å². The molecular weight excluding hydrogens is 226 g/mol. The third-order valence-electron chi connectivity index (χ3n) is 3.53. The smallest absolute Gasteiger partial charge is 0.0767 e.